The van der Waals surface area contributed by atoms with Crippen LogP contribution >= 0.6 is 0 Å². The number of imide groups is 2. The second kappa shape index (κ2) is 11.5. The molecule has 3 fully saturated rings. The highest BCUT2D eigenvalue weighted by Crippen LogP contribution is 2.60. The van der Waals surface area contributed by atoms with Crippen molar-refractivity contribution in [3.05, 3.63) is 102 Å². The molecule has 11 nitrogen and oxygen atoms in total. The molecule has 0 aromatic heterocycles. The number of phenols is 1. The number of benzene rings is 4. The van der Waals surface area contributed by atoms with E-state index in [1.54, 1.807) is 24.3 Å². The van der Waals surface area contributed by atoms with E-state index in [1.165, 1.54) is 36.4 Å². The van der Waals surface area contributed by atoms with Crippen LogP contribution in [0.4, 0.5) is 11.4 Å². The van der Waals surface area contributed by atoms with Gasteiger partial charge in [0.25, 0.3) is 0 Å². The zero-order valence-electron chi connectivity index (χ0n) is 26.0. The fourth-order valence-corrected chi connectivity index (χ4v) is 8.68. The van der Waals surface area contributed by atoms with Crippen LogP contribution in [-0.2, 0) is 19.2 Å². The zero-order valence-corrected chi connectivity index (χ0v) is 26.0. The number of fused-ring (bicyclic) bond motifs is 5. The first-order valence-electron chi connectivity index (χ1n) is 16.1. The fraction of sp³-hybridized carbons (Fsp3) is 0.222. The van der Waals surface area contributed by atoms with Gasteiger partial charge in [-0.05, 0) is 70.8 Å². The third kappa shape index (κ3) is 4.68. The van der Waals surface area contributed by atoms with Gasteiger partial charge in [0.2, 0.25) is 23.6 Å². The molecule has 4 amide bonds. The summed E-state index contributed by atoms with van der Waals surface area (Å²) in [6.07, 6.45) is 2.19. The maximum Gasteiger partial charge on any atom is 0.488 e. The van der Waals surface area contributed by atoms with Crippen molar-refractivity contribution in [3.63, 3.8) is 0 Å². The van der Waals surface area contributed by atoms with Crippen LogP contribution in [0.25, 0.3) is 10.8 Å². The lowest BCUT2D eigenvalue weighted by atomic mass is 9.56. The van der Waals surface area contributed by atoms with Gasteiger partial charge in [0.1, 0.15) is 5.75 Å². The number of phenolic OH excluding ortho intramolecular Hbond substituents is 1. The molecule has 5 N–H and O–H groups in total. The van der Waals surface area contributed by atoms with Crippen LogP contribution in [0.2, 0.25) is 0 Å². The molecular weight excluding hydrogens is 626 g/mol. The van der Waals surface area contributed by atoms with Gasteiger partial charge in [-0.1, -0.05) is 66.2 Å². The molecule has 2 aliphatic heterocycles. The maximum atomic E-state index is 14.5. The number of hydrogen-bond acceptors (Lipinski definition) is 9. The summed E-state index contributed by atoms with van der Waals surface area (Å²) in [7, 11) is -3.63. The van der Waals surface area contributed by atoms with E-state index in [4.69, 9.17) is 0 Å². The summed E-state index contributed by atoms with van der Waals surface area (Å²) in [5.41, 5.74) is 1.77. The molecule has 0 bridgehead atoms. The van der Waals surface area contributed by atoms with Gasteiger partial charge in [-0.3, -0.25) is 29.0 Å². The van der Waals surface area contributed by atoms with Crippen molar-refractivity contribution < 1.29 is 44.4 Å². The number of aromatic hydroxyl groups is 1. The molecule has 1 saturated carbocycles. The van der Waals surface area contributed by atoms with Gasteiger partial charge in [-0.15, -0.1) is 0 Å². The van der Waals surface area contributed by atoms with Crippen molar-refractivity contribution in [2.24, 2.45) is 29.6 Å². The summed E-state index contributed by atoms with van der Waals surface area (Å²) < 4.78 is 0. The van der Waals surface area contributed by atoms with Crippen molar-refractivity contribution in [2.75, 3.05) is 9.80 Å². The van der Waals surface area contributed by atoms with E-state index in [2.05, 4.69) is 0 Å². The maximum absolute atomic E-state index is 14.5. The topological polar surface area (TPSA) is 176 Å². The second-order valence-electron chi connectivity index (χ2n) is 13.2. The lowest BCUT2D eigenvalue weighted by Gasteiger charge is -2.44. The van der Waals surface area contributed by atoms with Gasteiger partial charge in [-0.25, -0.2) is 0 Å². The standard InChI is InChI=1S/C36H30B2N2O9/c41-28-14-11-18-5-1-2-10-23(18)30(28)31-24-12-13-25-29(35(44)39(33(25)42)21-8-3-6-19(15-21)37(46)47)26(24)17-27-32(31)36(45)40(34(27)43)22-9-4-7-20(16-22)38(48)49/h1-12,14-16,25-27,29,31-32,41,46-49H,13,17H2/t25-,26+,27+,29-,31+,32+/m0/s1. The number of carbonyl (C=O) groups is 4. The van der Waals surface area contributed by atoms with Crippen LogP contribution < -0.4 is 20.7 Å². The van der Waals surface area contributed by atoms with Crippen molar-refractivity contribution in [2.45, 2.75) is 18.8 Å². The Kier molecular flexibility index (Phi) is 7.34. The molecule has 244 valence electrons. The number of anilines is 2. The number of amides is 4. The minimum absolute atomic E-state index is 0.0648. The number of carbonyl (C=O) groups excluding carboxylic acids is 4. The highest BCUT2D eigenvalue weighted by molar-refractivity contribution is 6.59. The van der Waals surface area contributed by atoms with Crippen molar-refractivity contribution in [3.8, 4) is 5.75 Å². The third-order valence-electron chi connectivity index (χ3n) is 10.8. The highest BCUT2D eigenvalue weighted by atomic mass is 16.4. The van der Waals surface area contributed by atoms with Crippen molar-refractivity contribution in [1.29, 1.82) is 0 Å². The quantitative estimate of drug-likeness (QED) is 0.119. The molecule has 0 unspecified atom stereocenters. The molecule has 0 radical (unpaired) electrons. The van der Waals surface area contributed by atoms with Crippen LogP contribution in [-0.4, -0.2) is 63.1 Å². The number of rotatable bonds is 5. The summed E-state index contributed by atoms with van der Waals surface area (Å²) in [6.45, 7) is 0. The minimum atomic E-state index is -1.82. The van der Waals surface area contributed by atoms with Gasteiger partial charge in [0.05, 0.1) is 35.0 Å². The average molecular weight is 656 g/mol. The molecule has 6 atom stereocenters. The highest BCUT2D eigenvalue weighted by Gasteiger charge is 2.62. The molecule has 2 saturated heterocycles. The first-order valence-corrected chi connectivity index (χ1v) is 16.1. The van der Waals surface area contributed by atoms with Crippen LogP contribution in [0.3, 0.4) is 0 Å². The summed E-state index contributed by atoms with van der Waals surface area (Å²) >= 11 is 0. The summed E-state index contributed by atoms with van der Waals surface area (Å²) in [5.74, 6) is -6.89. The summed E-state index contributed by atoms with van der Waals surface area (Å²) in [5, 5.41) is 52.1. The third-order valence-corrected chi connectivity index (χ3v) is 10.8. The van der Waals surface area contributed by atoms with E-state index in [0.29, 0.717) is 16.5 Å². The van der Waals surface area contributed by atoms with Gasteiger partial charge in [0, 0.05) is 11.5 Å². The lowest BCUT2D eigenvalue weighted by Crippen LogP contribution is -2.43. The smallest absolute Gasteiger partial charge is 0.488 e. The first-order chi connectivity index (χ1) is 23.6. The molecule has 13 heteroatoms. The van der Waals surface area contributed by atoms with E-state index in [1.807, 2.05) is 30.3 Å². The van der Waals surface area contributed by atoms with Crippen LogP contribution in [0.1, 0.15) is 24.3 Å². The Morgan fingerprint density at radius 3 is 1.84 bits per heavy atom. The molecular formula is C36H30B2N2O9. The van der Waals surface area contributed by atoms with Crippen LogP contribution in [0, 0.1) is 29.6 Å². The second-order valence-corrected chi connectivity index (χ2v) is 13.2. The average Bonchev–Trinajstić information content (AvgIpc) is 3.51. The molecule has 4 aromatic rings. The largest absolute Gasteiger partial charge is 0.508 e. The Balaban J connectivity index is 1.27. The molecule has 4 aromatic carbocycles. The summed E-state index contributed by atoms with van der Waals surface area (Å²) in [4.78, 5) is 59.2. The van der Waals surface area contributed by atoms with E-state index in [9.17, 15) is 44.4 Å². The molecule has 8 rings (SSSR count). The Morgan fingerprint density at radius 1 is 0.612 bits per heavy atom. The SMILES string of the molecule is O=C1[C@H]2[C@H](CC=C3[C@H]2C[C@H]2C(=O)N(c4cccc(B(O)O)c4)C(=O)[C@H]2[C@H]3c2c(O)ccc3ccccc23)C(=O)N1c1cccc(B(O)O)c1. The molecule has 49 heavy (non-hydrogen) atoms. The van der Waals surface area contributed by atoms with Crippen LogP contribution in [0.15, 0.2) is 96.6 Å². The predicted molar refractivity (Wildman–Crippen MR) is 181 cm³/mol. The number of hydrogen-bond donors (Lipinski definition) is 5. The van der Waals surface area contributed by atoms with E-state index in [-0.39, 0.29) is 40.9 Å². The number of allylic oxidation sites excluding steroid dienone is 2. The lowest BCUT2D eigenvalue weighted by molar-refractivity contribution is -0.126. The monoisotopic (exact) mass is 656 g/mol. The molecule has 2 heterocycles. The van der Waals surface area contributed by atoms with Gasteiger partial charge in [-0.2, -0.15) is 0 Å². The number of nitrogens with zero attached hydrogens (tertiary/aromatic N) is 2. The van der Waals surface area contributed by atoms with E-state index in [0.717, 1.165) is 15.2 Å². The van der Waals surface area contributed by atoms with Gasteiger partial charge < -0.3 is 25.2 Å². The fourth-order valence-electron chi connectivity index (χ4n) is 8.68. The summed E-state index contributed by atoms with van der Waals surface area (Å²) in [6, 6.07) is 22.6. The van der Waals surface area contributed by atoms with E-state index < -0.39 is 73.4 Å². The Morgan fingerprint density at radius 2 is 1.20 bits per heavy atom. The zero-order chi connectivity index (χ0) is 34.3. The van der Waals surface area contributed by atoms with Gasteiger partial charge >= 0.3 is 14.2 Å². The van der Waals surface area contributed by atoms with Gasteiger partial charge in [0.15, 0.2) is 0 Å². The van der Waals surface area contributed by atoms with Crippen molar-refractivity contribution >= 4 is 70.9 Å². The Labute approximate surface area is 281 Å². The molecule has 4 aliphatic rings. The molecule has 0 spiro atoms. The molecule has 2 aliphatic carbocycles. The minimum Gasteiger partial charge on any atom is -0.508 e. The van der Waals surface area contributed by atoms with Crippen LogP contribution in [0.5, 0.6) is 5.75 Å². The normalized spacial score (nSPS) is 26.1. The van der Waals surface area contributed by atoms with Crippen molar-refractivity contribution in [1.82, 2.24) is 0 Å². The predicted octanol–water partition coefficient (Wildman–Crippen LogP) is 0.950. The van der Waals surface area contributed by atoms with E-state index >= 15 is 0 Å². The Bertz CT molecular complexity index is 2120. The Hall–Kier alpha value is -5.07. The first kappa shape index (κ1) is 31.2.